The summed E-state index contributed by atoms with van der Waals surface area (Å²) in [5.74, 6) is -1.08. The highest BCUT2D eigenvalue weighted by molar-refractivity contribution is 6.06. The maximum Gasteiger partial charge on any atom is 0.418 e. The van der Waals surface area contributed by atoms with Gasteiger partial charge >= 0.3 is 6.18 Å². The number of rotatable bonds is 3. The Hall–Kier alpha value is -3.16. The Bertz CT molecular complexity index is 1130. The Balaban J connectivity index is 1.47. The number of nitrogens with zero attached hydrogens (tertiary/aromatic N) is 3. The van der Waals surface area contributed by atoms with Gasteiger partial charge in [0.2, 0.25) is 0 Å². The van der Waals surface area contributed by atoms with Crippen molar-refractivity contribution in [1.82, 2.24) is 9.58 Å². The molecule has 8 heteroatoms. The highest BCUT2D eigenvalue weighted by atomic mass is 19.4. The van der Waals surface area contributed by atoms with Crippen LogP contribution in [0.2, 0.25) is 0 Å². The van der Waals surface area contributed by atoms with Crippen LogP contribution in [0.15, 0.2) is 47.6 Å². The van der Waals surface area contributed by atoms with Crippen LogP contribution in [0.25, 0.3) is 5.69 Å². The molecular formula is C23H20F3N3O2. The van der Waals surface area contributed by atoms with E-state index in [4.69, 9.17) is 0 Å². The van der Waals surface area contributed by atoms with Crippen LogP contribution in [0.4, 0.5) is 13.2 Å². The van der Waals surface area contributed by atoms with Crippen LogP contribution in [-0.2, 0) is 15.8 Å². The molecule has 2 amide bonds. The molecule has 4 unspecified atom stereocenters. The Kier molecular flexibility index (Phi) is 4.26. The summed E-state index contributed by atoms with van der Waals surface area (Å²) in [5, 5.41) is 5.10. The van der Waals surface area contributed by atoms with E-state index < -0.39 is 11.7 Å². The van der Waals surface area contributed by atoms with Crippen molar-refractivity contribution < 1.29 is 22.8 Å². The van der Waals surface area contributed by atoms with Crippen molar-refractivity contribution in [1.29, 1.82) is 0 Å². The Morgan fingerprint density at radius 1 is 1.03 bits per heavy atom. The molecule has 2 fully saturated rings. The number of para-hydroxylation sites is 1. The van der Waals surface area contributed by atoms with Gasteiger partial charge in [0.05, 0.1) is 29.3 Å². The number of alkyl halides is 3. The van der Waals surface area contributed by atoms with Gasteiger partial charge in [-0.05, 0) is 50.3 Å². The van der Waals surface area contributed by atoms with Gasteiger partial charge in [0.25, 0.3) is 11.8 Å². The number of hydrogen-bond donors (Lipinski definition) is 0. The van der Waals surface area contributed by atoms with Crippen LogP contribution < -0.4 is 0 Å². The Morgan fingerprint density at radius 3 is 2.26 bits per heavy atom. The molecule has 5 nitrogen and oxygen atoms in total. The predicted molar refractivity (Wildman–Crippen MR) is 107 cm³/mol. The highest BCUT2D eigenvalue weighted by Crippen LogP contribution is 2.52. The number of hydrazone groups is 1. The number of fused-ring (bicyclic) bond motifs is 5. The molecule has 1 aliphatic heterocycles. The third-order valence-corrected chi connectivity index (χ3v) is 6.68. The molecule has 1 aromatic carbocycles. The minimum absolute atomic E-state index is 0.0233. The first-order chi connectivity index (χ1) is 14.7. The maximum atomic E-state index is 13.5. The first kappa shape index (κ1) is 19.8. The molecule has 2 aromatic rings. The molecular weight excluding hydrogens is 407 g/mol. The molecule has 4 atom stereocenters. The fraction of sp³-hybridized carbons (Fsp3) is 0.348. The smallest absolute Gasteiger partial charge is 0.317 e. The summed E-state index contributed by atoms with van der Waals surface area (Å²) in [6, 6.07) is 7.07. The summed E-state index contributed by atoms with van der Waals surface area (Å²) in [6.45, 7) is 3.39. The van der Waals surface area contributed by atoms with Crippen molar-refractivity contribution in [2.75, 3.05) is 0 Å². The minimum Gasteiger partial charge on any atom is -0.317 e. The molecule has 2 aliphatic carbocycles. The van der Waals surface area contributed by atoms with E-state index in [1.807, 2.05) is 12.2 Å². The molecule has 1 aromatic heterocycles. The summed E-state index contributed by atoms with van der Waals surface area (Å²) >= 11 is 0. The van der Waals surface area contributed by atoms with Gasteiger partial charge in [0.15, 0.2) is 0 Å². The molecule has 0 N–H and O–H groups in total. The van der Waals surface area contributed by atoms with Crippen LogP contribution in [0, 0.1) is 37.5 Å². The van der Waals surface area contributed by atoms with Crippen molar-refractivity contribution in [2.24, 2.45) is 28.8 Å². The second-order valence-corrected chi connectivity index (χ2v) is 8.41. The van der Waals surface area contributed by atoms with Crippen molar-refractivity contribution in [2.45, 2.75) is 26.4 Å². The molecule has 1 saturated carbocycles. The second-order valence-electron chi connectivity index (χ2n) is 8.41. The van der Waals surface area contributed by atoms with Crippen LogP contribution in [0.1, 0.15) is 28.9 Å². The van der Waals surface area contributed by atoms with E-state index in [0.29, 0.717) is 17.0 Å². The van der Waals surface area contributed by atoms with Gasteiger partial charge in [-0.1, -0.05) is 24.3 Å². The topological polar surface area (TPSA) is 54.7 Å². The number of imide groups is 1. The number of allylic oxidation sites excluding steroid dienone is 2. The van der Waals surface area contributed by atoms with Crippen molar-refractivity contribution in [3.8, 4) is 5.69 Å². The lowest BCUT2D eigenvalue weighted by Crippen LogP contribution is -2.28. The fourth-order valence-corrected chi connectivity index (χ4v) is 5.32. The SMILES string of the molecule is Cc1cc(C=NN2C(=O)C3C4C=CC(C4)C3C2=O)c(C)n1-c1ccccc1C(F)(F)F. The molecule has 31 heavy (non-hydrogen) atoms. The zero-order valence-corrected chi connectivity index (χ0v) is 16.9. The summed E-state index contributed by atoms with van der Waals surface area (Å²) in [5.41, 5.74) is 0.970. The molecule has 1 saturated heterocycles. The highest BCUT2D eigenvalue weighted by Gasteiger charge is 2.59. The minimum atomic E-state index is -4.49. The molecule has 0 spiro atoms. The third kappa shape index (κ3) is 2.88. The average Bonchev–Trinajstić information content (AvgIpc) is 3.45. The largest absolute Gasteiger partial charge is 0.418 e. The average molecular weight is 427 g/mol. The van der Waals surface area contributed by atoms with E-state index in [9.17, 15) is 22.8 Å². The Labute approximate surface area is 176 Å². The summed E-state index contributed by atoms with van der Waals surface area (Å²) < 4.78 is 42.0. The molecule has 2 heterocycles. The number of benzene rings is 1. The predicted octanol–water partition coefficient (Wildman–Crippen LogP) is 4.25. The standard InChI is InChI=1S/C23H20F3N3O2/c1-12-9-16(13(2)28(12)18-6-4-3-5-17(18)23(24,25)26)11-27-29-21(30)19-14-7-8-15(10-14)20(19)22(29)31/h3-9,11,14-15,19-20H,10H2,1-2H3. The molecule has 2 bridgehead atoms. The Morgan fingerprint density at radius 2 is 1.65 bits per heavy atom. The van der Waals surface area contributed by atoms with Gasteiger partial charge in [-0.15, -0.1) is 0 Å². The quantitative estimate of drug-likeness (QED) is 0.418. The van der Waals surface area contributed by atoms with Crippen LogP contribution >= 0.6 is 0 Å². The van der Waals surface area contributed by atoms with Gasteiger partial charge in [-0.25, -0.2) is 0 Å². The molecule has 5 rings (SSSR count). The summed E-state index contributed by atoms with van der Waals surface area (Å²) in [7, 11) is 0. The molecule has 160 valence electrons. The lowest BCUT2D eigenvalue weighted by atomic mass is 9.85. The normalized spacial score (nSPS) is 27.2. The van der Waals surface area contributed by atoms with Gasteiger partial charge in [-0.2, -0.15) is 23.3 Å². The van der Waals surface area contributed by atoms with E-state index >= 15 is 0 Å². The van der Waals surface area contributed by atoms with E-state index in [-0.39, 0.29) is 41.2 Å². The van der Waals surface area contributed by atoms with E-state index in [1.54, 1.807) is 26.0 Å². The van der Waals surface area contributed by atoms with Crippen molar-refractivity contribution in [3.05, 3.63) is 65.0 Å². The number of carbonyl (C=O) groups is 2. The molecule has 0 radical (unpaired) electrons. The van der Waals surface area contributed by atoms with E-state index in [2.05, 4.69) is 5.10 Å². The number of halogens is 3. The number of carbonyl (C=O) groups excluding carboxylic acids is 2. The lowest BCUT2D eigenvalue weighted by Gasteiger charge is -2.16. The monoisotopic (exact) mass is 427 g/mol. The fourth-order valence-electron chi connectivity index (χ4n) is 5.32. The first-order valence-corrected chi connectivity index (χ1v) is 10.1. The van der Waals surface area contributed by atoms with Crippen molar-refractivity contribution >= 4 is 18.0 Å². The first-order valence-electron chi connectivity index (χ1n) is 10.1. The second kappa shape index (κ2) is 6.67. The molecule has 3 aliphatic rings. The maximum absolute atomic E-state index is 13.5. The van der Waals surface area contributed by atoms with Crippen molar-refractivity contribution in [3.63, 3.8) is 0 Å². The summed E-state index contributed by atoms with van der Waals surface area (Å²) in [4.78, 5) is 25.5. The number of hydrogen-bond acceptors (Lipinski definition) is 3. The van der Waals surface area contributed by atoms with Gasteiger partial charge in [0.1, 0.15) is 0 Å². The summed E-state index contributed by atoms with van der Waals surface area (Å²) in [6.07, 6.45) is 1.75. The number of aryl methyl sites for hydroxylation is 1. The lowest BCUT2D eigenvalue weighted by molar-refractivity contribution is -0.141. The van der Waals surface area contributed by atoms with Crippen LogP contribution in [0.3, 0.4) is 0 Å². The van der Waals surface area contributed by atoms with E-state index in [0.717, 1.165) is 17.5 Å². The third-order valence-electron chi connectivity index (χ3n) is 6.68. The van der Waals surface area contributed by atoms with Gasteiger partial charge < -0.3 is 4.57 Å². The zero-order chi connectivity index (χ0) is 22.1. The number of aromatic nitrogens is 1. The van der Waals surface area contributed by atoms with Gasteiger partial charge in [-0.3, -0.25) is 9.59 Å². The van der Waals surface area contributed by atoms with Crippen LogP contribution in [0.5, 0.6) is 0 Å². The zero-order valence-electron chi connectivity index (χ0n) is 16.9. The van der Waals surface area contributed by atoms with E-state index in [1.165, 1.54) is 22.9 Å². The number of amides is 2. The van der Waals surface area contributed by atoms with Crippen LogP contribution in [-0.4, -0.2) is 27.6 Å². The van der Waals surface area contributed by atoms with Gasteiger partial charge in [0, 0.05) is 17.0 Å².